The van der Waals surface area contributed by atoms with Gasteiger partial charge in [0.15, 0.2) is 0 Å². The molecule has 1 aliphatic heterocycles. The Bertz CT molecular complexity index is 4030. The molecule has 0 atom stereocenters. The van der Waals surface area contributed by atoms with Gasteiger partial charge in [0.2, 0.25) is 0 Å². The number of aromatic nitrogens is 2. The molecule has 0 saturated heterocycles. The molecule has 0 spiro atoms. The van der Waals surface area contributed by atoms with E-state index in [1.165, 1.54) is 74.9 Å². The molecule has 69 heavy (non-hydrogen) atoms. The van der Waals surface area contributed by atoms with Crippen molar-refractivity contribution in [1.29, 1.82) is 0 Å². The van der Waals surface area contributed by atoms with Gasteiger partial charge in [0.05, 0.1) is 65.9 Å². The van der Waals surface area contributed by atoms with Crippen LogP contribution in [0.2, 0.25) is 5.02 Å². The number of para-hydroxylation sites is 4. The van der Waals surface area contributed by atoms with Crippen LogP contribution in [0.25, 0.3) is 75.2 Å². The number of fused-ring (bicyclic) bond motifs is 11. The summed E-state index contributed by atoms with van der Waals surface area (Å²) in [4.78, 5) is 4.80. The summed E-state index contributed by atoms with van der Waals surface area (Å²) in [5.41, 5.74) is 16.8. The van der Waals surface area contributed by atoms with Gasteiger partial charge in [-0.05, 0) is 125 Å². The van der Waals surface area contributed by atoms with E-state index < -0.39 is 0 Å². The second kappa shape index (κ2) is 15.1. The molecule has 0 fully saturated rings. The first-order chi connectivity index (χ1) is 33.3. The minimum absolute atomic E-state index is 0.00539. The predicted octanol–water partition coefficient (Wildman–Crippen LogP) is 19.1. The summed E-state index contributed by atoms with van der Waals surface area (Å²) in [5.74, 6) is 0. The third-order valence-corrected chi connectivity index (χ3v) is 16.0. The van der Waals surface area contributed by atoms with Gasteiger partial charge in [-0.1, -0.05) is 144 Å². The Morgan fingerprint density at radius 1 is 0.449 bits per heavy atom. The highest BCUT2D eigenvalue weighted by Crippen LogP contribution is 2.55. The molecule has 1 aliphatic rings. The van der Waals surface area contributed by atoms with Gasteiger partial charge in [-0.2, -0.15) is 0 Å². The number of nitrogens with zero attached hydrogens (tertiary/aromatic N) is 4. The lowest BCUT2D eigenvalue weighted by atomic mass is 9.85. The number of benzene rings is 9. The Morgan fingerprint density at radius 3 is 1.78 bits per heavy atom. The molecule has 0 saturated carbocycles. The Morgan fingerprint density at radius 2 is 1.04 bits per heavy atom. The summed E-state index contributed by atoms with van der Waals surface area (Å²) >= 11 is 9.99. The van der Waals surface area contributed by atoms with E-state index in [1.54, 1.807) is 0 Å². The highest BCUT2D eigenvalue weighted by molar-refractivity contribution is 7.26. The molecule has 6 heteroatoms. The molecule has 9 aromatic carbocycles. The Kier molecular flexibility index (Phi) is 9.15. The Hall–Kier alpha value is -7.31. The third kappa shape index (κ3) is 6.33. The van der Waals surface area contributed by atoms with Crippen molar-refractivity contribution in [2.45, 2.75) is 59.3 Å². The fourth-order valence-electron chi connectivity index (χ4n) is 11.0. The summed E-state index contributed by atoms with van der Waals surface area (Å²) in [6, 6.07) is 67.3. The topological polar surface area (TPSA) is 16.3 Å². The van der Waals surface area contributed by atoms with E-state index in [2.05, 4.69) is 249 Å². The van der Waals surface area contributed by atoms with E-state index in [1.807, 2.05) is 11.3 Å². The fraction of sp³-hybridized carbons (Fsp3) is 0.143. The van der Waals surface area contributed by atoms with Gasteiger partial charge in [0.1, 0.15) is 0 Å². The van der Waals surface area contributed by atoms with Crippen LogP contribution in [0.1, 0.15) is 58.2 Å². The lowest BCUT2D eigenvalue weighted by Crippen LogP contribution is -2.19. The molecule has 13 rings (SSSR count). The number of anilines is 6. The first kappa shape index (κ1) is 41.8. The number of hydrogen-bond acceptors (Lipinski definition) is 3. The van der Waals surface area contributed by atoms with Gasteiger partial charge >= 0.3 is 0 Å². The summed E-state index contributed by atoms with van der Waals surface area (Å²) in [7, 11) is 0. The second-order valence-electron chi connectivity index (χ2n) is 20.9. The molecule has 4 heterocycles. The predicted molar refractivity (Wildman–Crippen MR) is 298 cm³/mol. The fourth-order valence-corrected chi connectivity index (χ4v) is 12.5. The SMILES string of the molecule is Cc1cc(N(c2cccc(-n3c4ccc(C(C)(C)C)cc4c4cc(C(C)(C)C)ccc43)c2)c2cccc3c2sc2ccccc23)c(Cl)c(N2c3ccccc3-n3c4ccccc4c4cccc2c43)c1. The molecular formula is C63H51ClN4S. The molecule has 4 nitrogen and oxygen atoms in total. The summed E-state index contributed by atoms with van der Waals surface area (Å²) in [6.07, 6.45) is 0. The third-order valence-electron chi connectivity index (χ3n) is 14.4. The van der Waals surface area contributed by atoms with Gasteiger partial charge in [0.25, 0.3) is 0 Å². The molecular weight excluding hydrogens is 880 g/mol. The second-order valence-corrected chi connectivity index (χ2v) is 22.3. The average Bonchev–Trinajstić information content (AvgIpc) is 4.01. The van der Waals surface area contributed by atoms with Crippen LogP contribution in [0.3, 0.4) is 0 Å². The average molecular weight is 932 g/mol. The van der Waals surface area contributed by atoms with Crippen LogP contribution in [-0.2, 0) is 10.8 Å². The maximum absolute atomic E-state index is 8.15. The molecule has 0 amide bonds. The molecule has 0 bridgehead atoms. The monoisotopic (exact) mass is 930 g/mol. The van der Waals surface area contributed by atoms with Crippen molar-refractivity contribution in [3.63, 3.8) is 0 Å². The minimum atomic E-state index is 0.00539. The molecule has 12 aromatic rings. The van der Waals surface area contributed by atoms with Gasteiger partial charge in [-0.25, -0.2) is 0 Å². The van der Waals surface area contributed by atoms with E-state index >= 15 is 0 Å². The van der Waals surface area contributed by atoms with Gasteiger partial charge < -0.3 is 18.9 Å². The molecule has 336 valence electrons. The van der Waals surface area contributed by atoms with Crippen LogP contribution in [0.15, 0.2) is 182 Å². The normalized spacial score (nSPS) is 12.9. The first-order valence-corrected chi connectivity index (χ1v) is 25.1. The van der Waals surface area contributed by atoms with Crippen molar-refractivity contribution in [3.8, 4) is 11.4 Å². The van der Waals surface area contributed by atoms with Crippen LogP contribution in [0, 0.1) is 6.92 Å². The zero-order valence-electron chi connectivity index (χ0n) is 39.9. The zero-order chi connectivity index (χ0) is 47.1. The van der Waals surface area contributed by atoms with Crippen molar-refractivity contribution >= 4 is 121 Å². The van der Waals surface area contributed by atoms with Crippen LogP contribution < -0.4 is 9.80 Å². The molecule has 0 radical (unpaired) electrons. The van der Waals surface area contributed by atoms with Crippen molar-refractivity contribution in [2.24, 2.45) is 0 Å². The van der Waals surface area contributed by atoms with E-state index in [4.69, 9.17) is 11.6 Å². The lowest BCUT2D eigenvalue weighted by Gasteiger charge is -2.35. The molecule has 0 unspecified atom stereocenters. The van der Waals surface area contributed by atoms with Crippen LogP contribution in [0.5, 0.6) is 0 Å². The van der Waals surface area contributed by atoms with Crippen molar-refractivity contribution in [1.82, 2.24) is 9.13 Å². The smallest absolute Gasteiger partial charge is 0.0887 e. The summed E-state index contributed by atoms with van der Waals surface area (Å²) in [6.45, 7) is 16.0. The molecule has 3 aromatic heterocycles. The molecule has 0 N–H and O–H groups in total. The number of aryl methyl sites for hydroxylation is 1. The van der Waals surface area contributed by atoms with Crippen LogP contribution in [-0.4, -0.2) is 9.13 Å². The lowest BCUT2D eigenvalue weighted by molar-refractivity contribution is 0.590. The quantitative estimate of drug-likeness (QED) is 0.171. The van der Waals surface area contributed by atoms with E-state index in [0.29, 0.717) is 5.02 Å². The van der Waals surface area contributed by atoms with Gasteiger partial charge in [-0.15, -0.1) is 11.3 Å². The Labute approximate surface area is 411 Å². The van der Waals surface area contributed by atoms with E-state index in [9.17, 15) is 0 Å². The number of halogens is 1. The van der Waals surface area contributed by atoms with Crippen molar-refractivity contribution < 1.29 is 0 Å². The summed E-state index contributed by atoms with van der Waals surface area (Å²) < 4.78 is 7.35. The van der Waals surface area contributed by atoms with Gasteiger partial charge in [0, 0.05) is 48.4 Å². The van der Waals surface area contributed by atoms with E-state index in [0.717, 1.165) is 51.1 Å². The zero-order valence-corrected chi connectivity index (χ0v) is 41.5. The highest BCUT2D eigenvalue weighted by Gasteiger charge is 2.32. The highest BCUT2D eigenvalue weighted by atomic mass is 35.5. The van der Waals surface area contributed by atoms with Crippen molar-refractivity contribution in [2.75, 3.05) is 9.80 Å². The largest absolute Gasteiger partial charge is 0.309 e. The van der Waals surface area contributed by atoms with E-state index in [-0.39, 0.29) is 10.8 Å². The maximum atomic E-state index is 8.15. The van der Waals surface area contributed by atoms with Gasteiger partial charge in [-0.3, -0.25) is 0 Å². The van der Waals surface area contributed by atoms with Crippen LogP contribution in [0.4, 0.5) is 34.1 Å². The van der Waals surface area contributed by atoms with Crippen LogP contribution >= 0.6 is 22.9 Å². The summed E-state index contributed by atoms with van der Waals surface area (Å²) in [5, 5.41) is 8.14. The molecule has 0 aliphatic carbocycles. The van der Waals surface area contributed by atoms with Crippen molar-refractivity contribution in [3.05, 3.63) is 204 Å². The number of thiophene rings is 1. The first-order valence-electron chi connectivity index (χ1n) is 24.0. The maximum Gasteiger partial charge on any atom is 0.0887 e. The number of hydrogen-bond donors (Lipinski definition) is 0. The minimum Gasteiger partial charge on any atom is -0.309 e. The standard InChI is InChI=1S/C63H51ClN4S/c1-38-33-56(59(64)57(34-38)67-52-24-11-12-25-53(52)68-49-23-10-8-19-43(49)45-21-15-26-54(67)60(45)68)66(55-27-16-22-46-44-20-9-13-28-58(44)69-61(46)55)42-18-14-17-41(37-42)65-50-31-29-39(62(2,3)4)35-47(50)48-36-40(63(5,6)7)30-32-51(48)65/h8-37H,1-7H3. The Balaban J connectivity index is 1.07. The number of rotatable bonds is 5.